The molecule has 0 bridgehead atoms. The summed E-state index contributed by atoms with van der Waals surface area (Å²) in [5.74, 6) is 0.883. The average Bonchev–Trinajstić information content (AvgIpc) is 2.46. The van der Waals surface area contributed by atoms with Crippen LogP contribution in [0.4, 0.5) is 0 Å². The molecule has 4 heteroatoms. The molecule has 1 fully saturated rings. The zero-order valence-corrected chi connectivity index (χ0v) is 13.1. The summed E-state index contributed by atoms with van der Waals surface area (Å²) in [5, 5.41) is 0. The fraction of sp³-hybridized carbons (Fsp3) is 0.647. The summed E-state index contributed by atoms with van der Waals surface area (Å²) in [6.45, 7) is 6.11. The molecule has 0 spiro atoms. The molecule has 0 aromatic heterocycles. The van der Waals surface area contributed by atoms with Gasteiger partial charge in [-0.1, -0.05) is 18.2 Å². The van der Waals surface area contributed by atoms with Crippen LogP contribution in [0.1, 0.15) is 38.7 Å². The number of benzene rings is 1. The fourth-order valence-corrected chi connectivity index (χ4v) is 2.78. The van der Waals surface area contributed by atoms with Crippen LogP contribution in [-0.4, -0.2) is 31.5 Å². The summed E-state index contributed by atoms with van der Waals surface area (Å²) in [6, 6.07) is 7.91. The van der Waals surface area contributed by atoms with Crippen molar-refractivity contribution in [1.29, 1.82) is 0 Å². The molecule has 2 atom stereocenters. The van der Waals surface area contributed by atoms with Crippen molar-refractivity contribution in [1.82, 2.24) is 0 Å². The van der Waals surface area contributed by atoms with E-state index in [0.717, 1.165) is 37.2 Å². The number of hydrogen-bond donors (Lipinski definition) is 1. The van der Waals surface area contributed by atoms with Gasteiger partial charge in [0, 0.05) is 18.5 Å². The van der Waals surface area contributed by atoms with Gasteiger partial charge >= 0.3 is 0 Å². The van der Waals surface area contributed by atoms with Gasteiger partial charge in [-0.25, -0.2) is 0 Å². The van der Waals surface area contributed by atoms with Crippen molar-refractivity contribution < 1.29 is 14.2 Å². The summed E-state index contributed by atoms with van der Waals surface area (Å²) in [7, 11) is 0. The molecule has 21 heavy (non-hydrogen) atoms. The predicted octanol–water partition coefficient (Wildman–Crippen LogP) is 2.89. The highest BCUT2D eigenvalue weighted by molar-refractivity contribution is 5.32. The molecule has 0 aliphatic carbocycles. The summed E-state index contributed by atoms with van der Waals surface area (Å²) in [6.07, 6.45) is 3.78. The first kappa shape index (κ1) is 16.3. The molecule has 2 rings (SSSR count). The highest BCUT2D eigenvalue weighted by Gasteiger charge is 2.24. The zero-order chi connectivity index (χ0) is 15.1. The van der Waals surface area contributed by atoms with Gasteiger partial charge < -0.3 is 19.9 Å². The van der Waals surface area contributed by atoms with E-state index in [2.05, 4.69) is 13.8 Å². The quantitative estimate of drug-likeness (QED) is 0.785. The third-order valence-corrected chi connectivity index (χ3v) is 3.75. The maximum absolute atomic E-state index is 5.93. The van der Waals surface area contributed by atoms with Gasteiger partial charge in [-0.3, -0.25) is 0 Å². The van der Waals surface area contributed by atoms with Crippen molar-refractivity contribution in [2.45, 2.75) is 58.0 Å². The van der Waals surface area contributed by atoms with E-state index in [1.54, 1.807) is 0 Å². The van der Waals surface area contributed by atoms with E-state index in [1.165, 1.54) is 0 Å². The molecule has 2 N–H and O–H groups in total. The van der Waals surface area contributed by atoms with E-state index in [9.17, 15) is 0 Å². The molecule has 0 amide bonds. The molecule has 2 unspecified atom stereocenters. The fourth-order valence-electron chi connectivity index (χ4n) is 2.78. The van der Waals surface area contributed by atoms with Crippen LogP contribution in [0.2, 0.25) is 0 Å². The van der Waals surface area contributed by atoms with E-state index in [-0.39, 0.29) is 0 Å². The smallest absolute Gasteiger partial charge is 0.123 e. The molecule has 1 heterocycles. The minimum Gasteiger partial charge on any atom is -0.493 e. The largest absolute Gasteiger partial charge is 0.493 e. The Bertz CT molecular complexity index is 414. The monoisotopic (exact) mass is 293 g/mol. The molecule has 0 saturated carbocycles. The standard InChI is InChI=1S/C17H27NO3/c1-13-10-16(11-14(2)21-13)19-8-5-9-20-17-7-4-3-6-15(17)12-18/h3-4,6-7,13-14,16H,5,8-12,18H2,1-2H3. The lowest BCUT2D eigenvalue weighted by Crippen LogP contribution is -2.34. The molecular weight excluding hydrogens is 266 g/mol. The molecule has 1 aliphatic heterocycles. The molecular formula is C17H27NO3. The van der Waals surface area contributed by atoms with Crippen molar-refractivity contribution >= 4 is 0 Å². The second-order valence-corrected chi connectivity index (χ2v) is 5.74. The number of nitrogens with two attached hydrogens (primary N) is 1. The minimum absolute atomic E-state index is 0.298. The van der Waals surface area contributed by atoms with Crippen LogP contribution in [0, 0.1) is 0 Å². The Kier molecular flexibility index (Phi) is 6.49. The lowest BCUT2D eigenvalue weighted by atomic mass is 10.0. The highest BCUT2D eigenvalue weighted by Crippen LogP contribution is 2.22. The van der Waals surface area contributed by atoms with Gasteiger partial charge in [0.1, 0.15) is 5.75 Å². The Morgan fingerprint density at radius 1 is 1.14 bits per heavy atom. The zero-order valence-electron chi connectivity index (χ0n) is 13.1. The van der Waals surface area contributed by atoms with Crippen LogP contribution < -0.4 is 10.5 Å². The lowest BCUT2D eigenvalue weighted by molar-refractivity contribution is -0.102. The Labute approximate surface area is 127 Å². The summed E-state index contributed by atoms with van der Waals surface area (Å²) in [4.78, 5) is 0. The Morgan fingerprint density at radius 2 is 1.86 bits per heavy atom. The van der Waals surface area contributed by atoms with Crippen LogP contribution in [0.15, 0.2) is 24.3 Å². The van der Waals surface area contributed by atoms with Gasteiger partial charge in [0.25, 0.3) is 0 Å². The van der Waals surface area contributed by atoms with Crippen LogP contribution in [-0.2, 0) is 16.0 Å². The van der Waals surface area contributed by atoms with E-state index in [0.29, 0.717) is 31.5 Å². The first-order chi connectivity index (χ1) is 10.2. The van der Waals surface area contributed by atoms with Crippen LogP contribution in [0.3, 0.4) is 0 Å². The summed E-state index contributed by atoms with van der Waals surface area (Å²) >= 11 is 0. The second-order valence-electron chi connectivity index (χ2n) is 5.74. The van der Waals surface area contributed by atoms with E-state index in [1.807, 2.05) is 24.3 Å². The number of ether oxygens (including phenoxy) is 3. The first-order valence-electron chi connectivity index (χ1n) is 7.87. The normalized spacial score (nSPS) is 25.8. The topological polar surface area (TPSA) is 53.7 Å². The number of hydrogen-bond acceptors (Lipinski definition) is 4. The third kappa shape index (κ3) is 5.30. The van der Waals surface area contributed by atoms with Crippen molar-refractivity contribution in [3.63, 3.8) is 0 Å². The van der Waals surface area contributed by atoms with Crippen LogP contribution in [0.5, 0.6) is 5.75 Å². The predicted molar refractivity (Wildman–Crippen MR) is 83.4 cm³/mol. The van der Waals surface area contributed by atoms with Crippen LogP contribution in [0.25, 0.3) is 0 Å². The third-order valence-electron chi connectivity index (χ3n) is 3.75. The van der Waals surface area contributed by atoms with Crippen molar-refractivity contribution in [2.75, 3.05) is 13.2 Å². The van der Waals surface area contributed by atoms with Gasteiger partial charge in [-0.05, 0) is 32.8 Å². The average molecular weight is 293 g/mol. The minimum atomic E-state index is 0.298. The van der Waals surface area contributed by atoms with Gasteiger partial charge in [0.05, 0.1) is 31.5 Å². The number of para-hydroxylation sites is 1. The molecule has 1 saturated heterocycles. The lowest BCUT2D eigenvalue weighted by Gasteiger charge is -2.32. The Balaban J connectivity index is 1.64. The van der Waals surface area contributed by atoms with Crippen LogP contribution >= 0.6 is 0 Å². The molecule has 0 radical (unpaired) electrons. The maximum atomic E-state index is 5.93. The van der Waals surface area contributed by atoms with Crippen molar-refractivity contribution in [3.8, 4) is 5.75 Å². The SMILES string of the molecule is CC1CC(OCCCOc2ccccc2CN)CC(C)O1. The Morgan fingerprint density at radius 3 is 2.57 bits per heavy atom. The molecule has 1 aliphatic rings. The van der Waals surface area contributed by atoms with Gasteiger partial charge in [-0.2, -0.15) is 0 Å². The first-order valence-corrected chi connectivity index (χ1v) is 7.87. The highest BCUT2D eigenvalue weighted by atomic mass is 16.5. The summed E-state index contributed by atoms with van der Waals surface area (Å²) < 4.78 is 17.4. The number of rotatable bonds is 7. The maximum Gasteiger partial charge on any atom is 0.123 e. The molecule has 1 aromatic carbocycles. The van der Waals surface area contributed by atoms with Gasteiger partial charge in [0.15, 0.2) is 0 Å². The van der Waals surface area contributed by atoms with Gasteiger partial charge in [0.2, 0.25) is 0 Å². The van der Waals surface area contributed by atoms with Crippen molar-refractivity contribution in [2.24, 2.45) is 5.73 Å². The second kappa shape index (κ2) is 8.37. The van der Waals surface area contributed by atoms with E-state index < -0.39 is 0 Å². The molecule has 4 nitrogen and oxygen atoms in total. The Hall–Kier alpha value is -1.10. The van der Waals surface area contributed by atoms with Crippen molar-refractivity contribution in [3.05, 3.63) is 29.8 Å². The summed E-state index contributed by atoms with van der Waals surface area (Å²) in [5.41, 5.74) is 6.73. The molecule has 1 aromatic rings. The van der Waals surface area contributed by atoms with E-state index in [4.69, 9.17) is 19.9 Å². The van der Waals surface area contributed by atoms with E-state index >= 15 is 0 Å². The molecule has 118 valence electrons. The van der Waals surface area contributed by atoms with Gasteiger partial charge in [-0.15, -0.1) is 0 Å².